The summed E-state index contributed by atoms with van der Waals surface area (Å²) in [6.45, 7) is 1.27. The second-order valence-electron chi connectivity index (χ2n) is 17.6. The molecular formula is C46H71N9O17S. The molecule has 0 unspecified atom stereocenters. The maximum absolute atomic E-state index is 12.5. The molecule has 1 aromatic rings. The molecule has 4 atom stereocenters. The fourth-order valence-corrected chi connectivity index (χ4v) is 8.06. The van der Waals surface area contributed by atoms with Gasteiger partial charge >= 0.3 is 47.8 Å². The third kappa shape index (κ3) is 28.8. The zero-order valence-electron chi connectivity index (χ0n) is 40.8. The van der Waals surface area contributed by atoms with E-state index >= 15 is 0 Å². The van der Waals surface area contributed by atoms with E-state index in [1.807, 2.05) is 12.1 Å². The molecule has 1 saturated heterocycles. The maximum Gasteiger partial charge on any atom is 0.326 e. The minimum absolute atomic E-state index is 0.00833. The van der Waals surface area contributed by atoms with Crippen LogP contribution in [0.25, 0.3) is 0 Å². The minimum atomic E-state index is -1.52. The molecule has 1 fully saturated rings. The summed E-state index contributed by atoms with van der Waals surface area (Å²) in [6.07, 6.45) is 4.06. The van der Waals surface area contributed by atoms with E-state index in [4.69, 9.17) is 17.3 Å². The number of amides is 4. The van der Waals surface area contributed by atoms with Crippen molar-refractivity contribution in [2.45, 2.75) is 120 Å². The van der Waals surface area contributed by atoms with Crippen molar-refractivity contribution in [1.82, 2.24) is 41.3 Å². The SMILES string of the molecule is O=C(O)CC[C@H](NC(=O)N[C@@H](CCCCNC(=O)CCCCCCC(=O)N[C@@H](CCCCNC(=S)Nc1ccc(C[C@H]2CN(CC(=O)O)CCN(CC(=O)O)CCN2CC(=O)O)cc1)C(=O)O)C(=O)O)C(=O)O. The number of carboxylic acid groups (broad SMARTS) is 7. The van der Waals surface area contributed by atoms with Crippen LogP contribution in [0.2, 0.25) is 0 Å². The molecule has 408 valence electrons. The van der Waals surface area contributed by atoms with E-state index in [9.17, 15) is 78.6 Å². The average Bonchev–Trinajstić information content (AvgIpc) is 3.36. The summed E-state index contributed by atoms with van der Waals surface area (Å²) in [6, 6.07) is 1.91. The molecular weight excluding hydrogens is 983 g/mol. The van der Waals surface area contributed by atoms with Gasteiger partial charge in [0.1, 0.15) is 18.1 Å². The molecule has 26 nitrogen and oxygen atoms in total. The van der Waals surface area contributed by atoms with Crippen molar-refractivity contribution >= 4 is 82.6 Å². The van der Waals surface area contributed by atoms with Gasteiger partial charge in [-0.2, -0.15) is 0 Å². The summed E-state index contributed by atoms with van der Waals surface area (Å²) >= 11 is 5.43. The lowest BCUT2D eigenvalue weighted by Gasteiger charge is -2.33. The van der Waals surface area contributed by atoms with Gasteiger partial charge in [0.2, 0.25) is 11.8 Å². The van der Waals surface area contributed by atoms with E-state index in [1.54, 1.807) is 26.8 Å². The summed E-state index contributed by atoms with van der Waals surface area (Å²) in [5.74, 6) is -9.00. The van der Waals surface area contributed by atoms with Crippen molar-refractivity contribution in [3.8, 4) is 0 Å². The lowest BCUT2D eigenvalue weighted by molar-refractivity contribution is -0.142. The molecule has 0 aliphatic carbocycles. The monoisotopic (exact) mass is 1050 g/mol. The first-order valence-electron chi connectivity index (χ1n) is 24.1. The van der Waals surface area contributed by atoms with E-state index in [0.717, 1.165) is 5.56 Å². The summed E-state index contributed by atoms with van der Waals surface area (Å²) < 4.78 is 0. The first-order chi connectivity index (χ1) is 34.6. The highest BCUT2D eigenvalue weighted by Crippen LogP contribution is 2.17. The Labute approximate surface area is 427 Å². The smallest absolute Gasteiger partial charge is 0.326 e. The first kappa shape index (κ1) is 62.4. The van der Waals surface area contributed by atoms with Gasteiger partial charge in [-0.1, -0.05) is 25.0 Å². The predicted molar refractivity (Wildman–Crippen MR) is 265 cm³/mol. The number of thiocarbonyl (C=S) groups is 1. The molecule has 1 heterocycles. The summed E-state index contributed by atoms with van der Waals surface area (Å²) in [5, 5.41) is 81.6. The number of anilines is 1. The number of carboxylic acids is 7. The quantitative estimate of drug-likeness (QED) is 0.0325. The standard InChI is InChI=1S/C46H71N9O17S/c56-36(47-19-7-5-10-34(43(68)69)51-45(72)52-35(44(70)71)17-18-38(58)59)11-3-1-2-4-12-37(57)50-33(42(66)67)9-6-8-20-48-46(73)49-31-15-13-30(14-16-31)25-32-26-54(28-40(62)63)22-21-53(27-39(60)61)23-24-55(32)29-41(64)65/h13-16,32-35H,1-12,17-29H2,(H,47,56)(H,50,57)(H,58,59)(H,60,61)(H,62,63)(H,64,65)(H,66,67)(H,68,69)(H,70,71)(H2,48,49,73)(H2,51,52,72)/t32-,33-,34-,35-/m0/s1. The van der Waals surface area contributed by atoms with E-state index in [2.05, 4.69) is 31.9 Å². The number of nitrogens with one attached hydrogen (secondary N) is 6. The fraction of sp³-hybridized carbons (Fsp3) is 0.630. The molecule has 0 saturated carbocycles. The highest BCUT2D eigenvalue weighted by Gasteiger charge is 2.29. The van der Waals surface area contributed by atoms with Gasteiger partial charge < -0.3 is 67.6 Å². The number of carbonyl (C=O) groups excluding carboxylic acids is 3. The third-order valence-corrected chi connectivity index (χ3v) is 11.9. The van der Waals surface area contributed by atoms with E-state index < -0.39 is 78.3 Å². The molecule has 1 aromatic carbocycles. The van der Waals surface area contributed by atoms with Crippen molar-refractivity contribution in [1.29, 1.82) is 0 Å². The fourth-order valence-electron chi connectivity index (χ4n) is 7.84. The molecule has 0 bridgehead atoms. The molecule has 4 amide bonds. The van der Waals surface area contributed by atoms with Crippen LogP contribution in [0, 0.1) is 0 Å². The number of carbonyl (C=O) groups is 10. The van der Waals surface area contributed by atoms with Crippen LogP contribution >= 0.6 is 12.2 Å². The third-order valence-electron chi connectivity index (χ3n) is 11.7. The number of unbranched alkanes of at least 4 members (excludes halogenated alkanes) is 5. The molecule has 0 spiro atoms. The lowest BCUT2D eigenvalue weighted by atomic mass is 10.0. The number of urea groups is 1. The molecule has 13 N–H and O–H groups in total. The van der Waals surface area contributed by atoms with E-state index in [0.29, 0.717) is 94.8 Å². The second-order valence-corrected chi connectivity index (χ2v) is 18.1. The van der Waals surface area contributed by atoms with Crippen molar-refractivity contribution in [3.63, 3.8) is 0 Å². The summed E-state index contributed by atoms with van der Waals surface area (Å²) in [7, 11) is 0. The maximum atomic E-state index is 12.5. The number of aliphatic carboxylic acids is 7. The van der Waals surface area contributed by atoms with Gasteiger partial charge in [-0.25, -0.2) is 19.2 Å². The Balaban J connectivity index is 1.66. The van der Waals surface area contributed by atoms with Crippen LogP contribution in [0.1, 0.15) is 95.5 Å². The van der Waals surface area contributed by atoms with Crippen molar-refractivity contribution in [3.05, 3.63) is 29.8 Å². The van der Waals surface area contributed by atoms with E-state index in [1.165, 1.54) is 0 Å². The Bertz CT molecular complexity index is 2010. The molecule has 1 aliphatic heterocycles. The summed E-state index contributed by atoms with van der Waals surface area (Å²) in [4.78, 5) is 122. The van der Waals surface area contributed by atoms with Crippen molar-refractivity contribution in [2.24, 2.45) is 0 Å². The average molecular weight is 1050 g/mol. The number of benzene rings is 1. The van der Waals surface area contributed by atoms with E-state index in [-0.39, 0.29) is 83.3 Å². The normalized spacial score (nSPS) is 15.6. The van der Waals surface area contributed by atoms with Gasteiger partial charge in [0.05, 0.1) is 19.6 Å². The topological polar surface area (TPSA) is 394 Å². The van der Waals surface area contributed by atoms with Crippen molar-refractivity contribution in [2.75, 3.05) is 70.8 Å². The van der Waals surface area contributed by atoms with Gasteiger partial charge in [0, 0.05) is 76.8 Å². The van der Waals surface area contributed by atoms with Crippen LogP contribution in [-0.2, 0) is 49.6 Å². The van der Waals surface area contributed by atoms with Crippen LogP contribution in [0.3, 0.4) is 0 Å². The Morgan fingerprint density at radius 1 is 0.521 bits per heavy atom. The Kier molecular flexibility index (Phi) is 29.6. The molecule has 27 heteroatoms. The van der Waals surface area contributed by atoms with Crippen LogP contribution < -0.4 is 31.9 Å². The lowest BCUT2D eigenvalue weighted by Crippen LogP contribution is -2.51. The molecule has 0 radical (unpaired) electrons. The van der Waals surface area contributed by atoms with Crippen LogP contribution in [-0.4, -0.2) is 205 Å². The largest absolute Gasteiger partial charge is 0.481 e. The molecule has 2 rings (SSSR count). The zero-order chi connectivity index (χ0) is 54.3. The summed E-state index contributed by atoms with van der Waals surface area (Å²) in [5.41, 5.74) is 1.53. The van der Waals surface area contributed by atoms with Crippen LogP contribution in [0.5, 0.6) is 0 Å². The van der Waals surface area contributed by atoms with Gasteiger partial charge in [-0.05, 0) is 94.1 Å². The zero-order valence-corrected chi connectivity index (χ0v) is 41.6. The number of nitrogens with zero attached hydrogens (tertiary/aromatic N) is 3. The minimum Gasteiger partial charge on any atom is -0.481 e. The molecule has 73 heavy (non-hydrogen) atoms. The second kappa shape index (κ2) is 34.6. The van der Waals surface area contributed by atoms with Crippen LogP contribution in [0.15, 0.2) is 24.3 Å². The van der Waals surface area contributed by atoms with Crippen LogP contribution in [0.4, 0.5) is 10.5 Å². The Hall–Kier alpha value is -6.71. The highest BCUT2D eigenvalue weighted by molar-refractivity contribution is 7.80. The predicted octanol–water partition coefficient (Wildman–Crippen LogP) is 0.495. The van der Waals surface area contributed by atoms with Gasteiger partial charge in [-0.15, -0.1) is 0 Å². The molecule has 1 aliphatic rings. The van der Waals surface area contributed by atoms with Gasteiger partial charge in [0.15, 0.2) is 5.11 Å². The van der Waals surface area contributed by atoms with Gasteiger partial charge in [-0.3, -0.25) is 43.5 Å². The molecule has 0 aromatic heterocycles. The highest BCUT2D eigenvalue weighted by atomic mass is 32.1. The number of rotatable bonds is 35. The number of hydrogen-bond donors (Lipinski definition) is 13. The Morgan fingerprint density at radius 3 is 1.56 bits per heavy atom. The van der Waals surface area contributed by atoms with Crippen molar-refractivity contribution < 1.29 is 83.7 Å². The Morgan fingerprint density at radius 2 is 1.01 bits per heavy atom. The first-order valence-corrected chi connectivity index (χ1v) is 24.5. The number of hydrogen-bond acceptors (Lipinski definition) is 14. The van der Waals surface area contributed by atoms with Gasteiger partial charge in [0.25, 0.3) is 0 Å².